The normalized spacial score (nSPS) is 16.3. The Balaban J connectivity index is 1.41. The lowest BCUT2D eigenvalue weighted by Crippen LogP contribution is -2.44. The van der Waals surface area contributed by atoms with Crippen LogP contribution in [-0.4, -0.2) is 65.7 Å². The van der Waals surface area contributed by atoms with E-state index in [4.69, 9.17) is 14.2 Å². The molecule has 9 nitrogen and oxygen atoms in total. The van der Waals surface area contributed by atoms with Crippen LogP contribution in [0.25, 0.3) is 6.08 Å². The third-order valence-corrected chi connectivity index (χ3v) is 6.76. The number of amides is 3. The molecule has 2 aromatic carbocycles. The lowest BCUT2D eigenvalue weighted by molar-refractivity contribution is -0.149. The number of nitrogens with zero attached hydrogens (tertiary/aromatic N) is 2. The Morgan fingerprint density at radius 2 is 1.84 bits per heavy atom. The van der Waals surface area contributed by atoms with Crippen molar-refractivity contribution in [2.75, 3.05) is 26.8 Å². The number of rotatable bonds is 8. The van der Waals surface area contributed by atoms with Crippen LogP contribution in [0.15, 0.2) is 47.4 Å². The molecule has 37 heavy (non-hydrogen) atoms. The Morgan fingerprint density at radius 1 is 1.08 bits per heavy atom. The molecule has 1 saturated heterocycles. The van der Waals surface area contributed by atoms with Gasteiger partial charge in [0.15, 0.2) is 18.1 Å². The number of esters is 1. The minimum Gasteiger partial charge on any atom is -0.493 e. The number of hydrogen-bond donors (Lipinski definition) is 0. The summed E-state index contributed by atoms with van der Waals surface area (Å²) in [6.07, 6.45) is 2.05. The van der Waals surface area contributed by atoms with Crippen LogP contribution in [0.1, 0.15) is 30.5 Å². The summed E-state index contributed by atoms with van der Waals surface area (Å²) in [6.45, 7) is 3.93. The van der Waals surface area contributed by atoms with E-state index in [0.29, 0.717) is 30.2 Å². The Bertz CT molecular complexity index is 1260. The van der Waals surface area contributed by atoms with Crippen molar-refractivity contribution in [3.8, 4) is 11.5 Å². The SMILES string of the molecule is COc1cc(/C=C2\SC(=O)N(CC(=O)N3CCc4ccccc4C3)C2=O)ccc1OCC(=O)OC(C)C. The number of ether oxygens (including phenoxy) is 3. The van der Waals surface area contributed by atoms with Gasteiger partial charge in [-0.2, -0.15) is 0 Å². The van der Waals surface area contributed by atoms with Crippen molar-refractivity contribution in [2.45, 2.75) is 32.9 Å². The van der Waals surface area contributed by atoms with E-state index in [0.717, 1.165) is 28.6 Å². The number of hydrogen-bond acceptors (Lipinski definition) is 8. The van der Waals surface area contributed by atoms with Crippen LogP contribution < -0.4 is 9.47 Å². The molecule has 0 bridgehead atoms. The zero-order valence-corrected chi connectivity index (χ0v) is 21.7. The summed E-state index contributed by atoms with van der Waals surface area (Å²) in [7, 11) is 1.46. The number of carbonyl (C=O) groups excluding carboxylic acids is 4. The summed E-state index contributed by atoms with van der Waals surface area (Å²) < 4.78 is 15.9. The topological polar surface area (TPSA) is 102 Å². The number of benzene rings is 2. The Morgan fingerprint density at radius 3 is 2.57 bits per heavy atom. The predicted molar refractivity (Wildman–Crippen MR) is 138 cm³/mol. The van der Waals surface area contributed by atoms with Gasteiger partial charge in [0.2, 0.25) is 5.91 Å². The van der Waals surface area contributed by atoms with Gasteiger partial charge in [-0.1, -0.05) is 30.3 Å². The second kappa shape index (κ2) is 11.5. The van der Waals surface area contributed by atoms with E-state index in [-0.39, 0.29) is 30.1 Å². The monoisotopic (exact) mass is 524 g/mol. The first kappa shape index (κ1) is 26.3. The van der Waals surface area contributed by atoms with Gasteiger partial charge in [0.25, 0.3) is 11.1 Å². The molecule has 0 N–H and O–H groups in total. The predicted octanol–water partition coefficient (Wildman–Crippen LogP) is 3.65. The van der Waals surface area contributed by atoms with Crippen LogP contribution in [0.4, 0.5) is 4.79 Å². The highest BCUT2D eigenvalue weighted by Gasteiger charge is 2.37. The Kier molecular flexibility index (Phi) is 8.17. The standard InChI is InChI=1S/C27H28N2O7S/c1-17(2)36-25(31)16-35-21-9-8-18(12-22(21)34-3)13-23-26(32)29(27(33)37-23)15-24(30)28-11-10-19-6-4-5-7-20(19)14-28/h4-9,12-13,17H,10-11,14-16H2,1-3H3/b23-13-. The molecule has 0 radical (unpaired) electrons. The molecule has 3 amide bonds. The van der Waals surface area contributed by atoms with E-state index in [1.54, 1.807) is 43.0 Å². The first-order valence-corrected chi connectivity index (χ1v) is 12.7. The molecule has 0 spiro atoms. The van der Waals surface area contributed by atoms with Gasteiger partial charge in [-0.25, -0.2) is 4.79 Å². The van der Waals surface area contributed by atoms with Gasteiger partial charge < -0.3 is 19.1 Å². The van der Waals surface area contributed by atoms with Crippen molar-refractivity contribution in [3.05, 3.63) is 64.1 Å². The Hall–Kier alpha value is -3.79. The summed E-state index contributed by atoms with van der Waals surface area (Å²) in [5.41, 5.74) is 2.88. The molecule has 0 atom stereocenters. The molecule has 4 rings (SSSR count). The second-order valence-corrected chi connectivity index (χ2v) is 9.83. The first-order valence-electron chi connectivity index (χ1n) is 11.9. The highest BCUT2D eigenvalue weighted by atomic mass is 32.2. The van der Waals surface area contributed by atoms with Crippen LogP contribution in [0.2, 0.25) is 0 Å². The molecule has 10 heteroatoms. The van der Waals surface area contributed by atoms with E-state index in [2.05, 4.69) is 0 Å². The molecule has 0 aromatic heterocycles. The maximum Gasteiger partial charge on any atom is 0.344 e. The lowest BCUT2D eigenvalue weighted by atomic mass is 10.00. The molecule has 0 aliphatic carbocycles. The zero-order chi connectivity index (χ0) is 26.5. The highest BCUT2D eigenvalue weighted by Crippen LogP contribution is 2.34. The second-order valence-electron chi connectivity index (χ2n) is 8.84. The molecular formula is C27H28N2O7S. The molecule has 194 valence electrons. The largest absolute Gasteiger partial charge is 0.493 e. The van der Waals surface area contributed by atoms with E-state index < -0.39 is 17.1 Å². The third kappa shape index (κ3) is 6.32. The van der Waals surface area contributed by atoms with Crippen LogP contribution in [0, 0.1) is 0 Å². The minimum absolute atomic E-state index is 0.207. The summed E-state index contributed by atoms with van der Waals surface area (Å²) >= 11 is 0.786. The fourth-order valence-corrected chi connectivity index (χ4v) is 4.90. The van der Waals surface area contributed by atoms with Gasteiger partial charge in [0.05, 0.1) is 18.1 Å². The molecule has 2 aromatic rings. The fraction of sp³-hybridized carbons (Fsp3) is 0.333. The van der Waals surface area contributed by atoms with Gasteiger partial charge in [-0.05, 0) is 66.9 Å². The number of thioether (sulfide) groups is 1. The van der Waals surface area contributed by atoms with Crippen LogP contribution in [0.3, 0.4) is 0 Å². The molecule has 0 unspecified atom stereocenters. The van der Waals surface area contributed by atoms with Crippen molar-refractivity contribution in [3.63, 3.8) is 0 Å². The quantitative estimate of drug-likeness (QED) is 0.381. The number of imide groups is 1. The van der Waals surface area contributed by atoms with Gasteiger partial charge in [-0.15, -0.1) is 0 Å². The maximum atomic E-state index is 13.0. The van der Waals surface area contributed by atoms with Crippen molar-refractivity contribution in [1.29, 1.82) is 0 Å². The van der Waals surface area contributed by atoms with Crippen molar-refractivity contribution >= 4 is 40.9 Å². The van der Waals surface area contributed by atoms with Crippen LogP contribution in [-0.2, 0) is 32.1 Å². The van der Waals surface area contributed by atoms with Gasteiger partial charge >= 0.3 is 5.97 Å². The number of carbonyl (C=O) groups is 4. The maximum absolute atomic E-state index is 13.0. The van der Waals surface area contributed by atoms with Crippen molar-refractivity contribution in [1.82, 2.24) is 9.80 Å². The highest BCUT2D eigenvalue weighted by molar-refractivity contribution is 8.18. The fourth-order valence-electron chi connectivity index (χ4n) is 4.06. The van der Waals surface area contributed by atoms with Gasteiger partial charge in [0.1, 0.15) is 6.54 Å². The van der Waals surface area contributed by atoms with E-state index in [1.165, 1.54) is 12.7 Å². The molecule has 1 fully saturated rings. The first-order chi connectivity index (χ1) is 17.7. The molecule has 0 saturated carbocycles. The molecule has 2 aliphatic rings. The average Bonchev–Trinajstić information content (AvgIpc) is 3.14. The van der Waals surface area contributed by atoms with Gasteiger partial charge in [-0.3, -0.25) is 19.3 Å². The summed E-state index contributed by atoms with van der Waals surface area (Å²) in [5.74, 6) is -0.597. The van der Waals surface area contributed by atoms with Crippen molar-refractivity contribution < 1.29 is 33.4 Å². The van der Waals surface area contributed by atoms with Crippen molar-refractivity contribution in [2.24, 2.45) is 0 Å². The van der Waals surface area contributed by atoms with Crippen LogP contribution in [0.5, 0.6) is 11.5 Å². The van der Waals surface area contributed by atoms with Crippen LogP contribution >= 0.6 is 11.8 Å². The molecular weight excluding hydrogens is 496 g/mol. The smallest absolute Gasteiger partial charge is 0.344 e. The molecule has 2 aliphatic heterocycles. The zero-order valence-electron chi connectivity index (χ0n) is 20.9. The summed E-state index contributed by atoms with van der Waals surface area (Å²) in [6, 6.07) is 12.9. The van der Waals surface area contributed by atoms with E-state index in [1.807, 2.05) is 24.3 Å². The van der Waals surface area contributed by atoms with E-state index >= 15 is 0 Å². The molecule has 2 heterocycles. The summed E-state index contributed by atoms with van der Waals surface area (Å²) in [4.78, 5) is 53.0. The lowest BCUT2D eigenvalue weighted by Gasteiger charge is -2.29. The number of fused-ring (bicyclic) bond motifs is 1. The number of methoxy groups -OCH3 is 1. The average molecular weight is 525 g/mol. The minimum atomic E-state index is -0.517. The van der Waals surface area contributed by atoms with Gasteiger partial charge in [0, 0.05) is 13.1 Å². The Labute approximate surface area is 219 Å². The van der Waals surface area contributed by atoms with E-state index in [9.17, 15) is 19.2 Å². The summed E-state index contributed by atoms with van der Waals surface area (Å²) in [5, 5.41) is -0.488. The third-order valence-electron chi connectivity index (χ3n) is 5.85.